The molecule has 0 bridgehead atoms. The zero-order valence-electron chi connectivity index (χ0n) is 13.4. The van der Waals surface area contributed by atoms with Crippen LogP contribution in [-0.4, -0.2) is 34.9 Å². The summed E-state index contributed by atoms with van der Waals surface area (Å²) in [5, 5.41) is 5.10. The van der Waals surface area contributed by atoms with E-state index in [0.717, 1.165) is 22.2 Å². The molecule has 0 aliphatic carbocycles. The summed E-state index contributed by atoms with van der Waals surface area (Å²) in [6.45, 7) is 3.60. The average Bonchev–Trinajstić information content (AvgIpc) is 2.99. The van der Waals surface area contributed by atoms with Crippen LogP contribution in [0.2, 0.25) is 0 Å². The van der Waals surface area contributed by atoms with Crippen molar-refractivity contribution in [2.75, 3.05) is 25.2 Å². The van der Waals surface area contributed by atoms with Crippen molar-refractivity contribution in [1.29, 1.82) is 0 Å². The number of rotatable bonds is 3. The number of hydrogen-bond acceptors (Lipinski definition) is 7. The Morgan fingerprint density at radius 3 is 2.88 bits per heavy atom. The fourth-order valence-electron chi connectivity index (χ4n) is 2.59. The van der Waals surface area contributed by atoms with Crippen LogP contribution >= 0.6 is 11.3 Å². The van der Waals surface area contributed by atoms with Crippen LogP contribution in [0.1, 0.15) is 11.3 Å². The van der Waals surface area contributed by atoms with Crippen LogP contribution in [0.4, 0.5) is 5.13 Å². The molecule has 0 saturated heterocycles. The van der Waals surface area contributed by atoms with E-state index in [1.54, 1.807) is 6.92 Å². The molecule has 0 fully saturated rings. The lowest BCUT2D eigenvalue weighted by Crippen LogP contribution is -2.19. The second-order valence-corrected chi connectivity index (χ2v) is 6.58. The third-order valence-electron chi connectivity index (χ3n) is 3.72. The predicted molar refractivity (Wildman–Crippen MR) is 91.4 cm³/mol. The molecule has 24 heavy (non-hydrogen) atoms. The second kappa shape index (κ2) is 5.79. The summed E-state index contributed by atoms with van der Waals surface area (Å²) in [6, 6.07) is 7.39. The lowest BCUT2D eigenvalue weighted by Gasteiger charge is -2.20. The molecule has 1 aromatic carbocycles. The highest BCUT2D eigenvalue weighted by Gasteiger charge is 2.15. The van der Waals surface area contributed by atoms with Crippen LogP contribution in [0.5, 0.6) is 11.5 Å². The van der Waals surface area contributed by atoms with Crippen molar-refractivity contribution in [2.45, 2.75) is 13.5 Å². The monoisotopic (exact) mass is 344 g/mol. The van der Waals surface area contributed by atoms with Gasteiger partial charge in [-0.25, -0.2) is 4.98 Å². The third kappa shape index (κ3) is 2.69. The largest absolute Gasteiger partial charge is 0.486 e. The van der Waals surface area contributed by atoms with Gasteiger partial charge in [0.15, 0.2) is 11.5 Å². The maximum absolute atomic E-state index is 12.0. The maximum Gasteiger partial charge on any atom is 0.275 e. The Balaban J connectivity index is 1.61. The van der Waals surface area contributed by atoms with Crippen LogP contribution in [0.3, 0.4) is 0 Å². The number of hydrogen-bond donors (Lipinski definition) is 0. The van der Waals surface area contributed by atoms with Gasteiger partial charge >= 0.3 is 0 Å². The molecule has 1 aliphatic rings. The van der Waals surface area contributed by atoms with E-state index in [1.165, 1.54) is 21.9 Å². The quantitative estimate of drug-likeness (QED) is 0.722. The van der Waals surface area contributed by atoms with Gasteiger partial charge in [-0.15, -0.1) is 5.10 Å². The molecule has 1 aliphatic heterocycles. The van der Waals surface area contributed by atoms with Gasteiger partial charge < -0.3 is 14.4 Å². The van der Waals surface area contributed by atoms with Gasteiger partial charge in [-0.05, 0) is 24.6 Å². The number of anilines is 1. The van der Waals surface area contributed by atoms with Crippen molar-refractivity contribution in [3.63, 3.8) is 0 Å². The minimum absolute atomic E-state index is 0.160. The Morgan fingerprint density at radius 1 is 1.25 bits per heavy atom. The normalized spacial score (nSPS) is 13.2. The number of benzene rings is 1. The maximum atomic E-state index is 12.0. The molecule has 8 heteroatoms. The standard InChI is InChI=1S/C16H16N4O3S/c1-10-7-14(21)20-15(17-10)24-16(18-20)19(2)9-11-3-4-12-13(8-11)23-6-5-22-12/h3-4,7-8H,5-6,9H2,1-2H3. The van der Waals surface area contributed by atoms with Crippen molar-refractivity contribution in [1.82, 2.24) is 14.6 Å². The first-order valence-electron chi connectivity index (χ1n) is 7.57. The SMILES string of the molecule is Cc1cc(=O)n2nc(N(C)Cc3ccc4c(c3)OCCO4)sc2n1. The minimum Gasteiger partial charge on any atom is -0.486 e. The van der Waals surface area contributed by atoms with E-state index >= 15 is 0 Å². The molecule has 0 radical (unpaired) electrons. The van der Waals surface area contributed by atoms with Gasteiger partial charge in [-0.3, -0.25) is 4.79 Å². The second-order valence-electron chi connectivity index (χ2n) is 5.65. The first kappa shape index (κ1) is 14.9. The van der Waals surface area contributed by atoms with Crippen LogP contribution in [0.25, 0.3) is 4.96 Å². The van der Waals surface area contributed by atoms with E-state index in [9.17, 15) is 4.79 Å². The Morgan fingerprint density at radius 2 is 2.04 bits per heavy atom. The van der Waals surface area contributed by atoms with Crippen LogP contribution in [0, 0.1) is 6.92 Å². The zero-order valence-corrected chi connectivity index (χ0v) is 14.2. The van der Waals surface area contributed by atoms with Crippen molar-refractivity contribution in [2.24, 2.45) is 0 Å². The Hall–Kier alpha value is -2.61. The van der Waals surface area contributed by atoms with E-state index in [0.29, 0.717) is 30.4 Å². The molecule has 0 N–H and O–H groups in total. The molecule has 0 saturated carbocycles. The van der Waals surface area contributed by atoms with Crippen molar-refractivity contribution >= 4 is 21.4 Å². The molecule has 0 atom stereocenters. The molecule has 4 rings (SSSR count). The fourth-order valence-corrected chi connectivity index (χ4v) is 3.51. The Kier molecular flexibility index (Phi) is 3.61. The summed E-state index contributed by atoms with van der Waals surface area (Å²) in [7, 11) is 1.94. The Labute approximate surface area is 142 Å². The van der Waals surface area contributed by atoms with E-state index < -0.39 is 0 Å². The molecule has 3 aromatic rings. The van der Waals surface area contributed by atoms with Crippen molar-refractivity contribution in [3.05, 3.63) is 45.9 Å². The zero-order chi connectivity index (χ0) is 16.7. The van der Waals surface area contributed by atoms with E-state index in [2.05, 4.69) is 10.1 Å². The molecule has 0 unspecified atom stereocenters. The summed E-state index contributed by atoms with van der Waals surface area (Å²) in [6.07, 6.45) is 0. The molecule has 7 nitrogen and oxygen atoms in total. The van der Waals surface area contributed by atoms with Crippen LogP contribution in [-0.2, 0) is 6.54 Å². The van der Waals surface area contributed by atoms with Gasteiger partial charge in [0.2, 0.25) is 10.1 Å². The molecular weight excluding hydrogens is 328 g/mol. The summed E-state index contributed by atoms with van der Waals surface area (Å²) in [5.41, 5.74) is 1.62. The molecule has 2 aromatic heterocycles. The Bertz CT molecular complexity index is 966. The van der Waals surface area contributed by atoms with Crippen molar-refractivity contribution < 1.29 is 9.47 Å². The number of ether oxygens (including phenoxy) is 2. The van der Waals surface area contributed by atoms with Crippen LogP contribution < -0.4 is 19.9 Å². The molecule has 3 heterocycles. The summed E-state index contributed by atoms with van der Waals surface area (Å²) in [4.78, 5) is 18.9. The fraction of sp³-hybridized carbons (Fsp3) is 0.312. The number of aryl methyl sites for hydroxylation is 1. The highest BCUT2D eigenvalue weighted by atomic mass is 32.1. The molecule has 124 valence electrons. The number of fused-ring (bicyclic) bond motifs is 2. The smallest absolute Gasteiger partial charge is 0.275 e. The van der Waals surface area contributed by atoms with Crippen molar-refractivity contribution in [3.8, 4) is 11.5 Å². The number of aromatic nitrogens is 3. The summed E-state index contributed by atoms with van der Waals surface area (Å²) >= 11 is 1.39. The topological polar surface area (TPSA) is 69.0 Å². The summed E-state index contributed by atoms with van der Waals surface area (Å²) < 4.78 is 12.5. The number of nitrogens with zero attached hydrogens (tertiary/aromatic N) is 4. The van der Waals surface area contributed by atoms with Gasteiger partial charge in [0, 0.05) is 25.4 Å². The first-order valence-corrected chi connectivity index (χ1v) is 8.39. The summed E-state index contributed by atoms with van der Waals surface area (Å²) in [5.74, 6) is 1.55. The lowest BCUT2D eigenvalue weighted by molar-refractivity contribution is 0.171. The highest BCUT2D eigenvalue weighted by Crippen LogP contribution is 2.31. The van der Waals surface area contributed by atoms with E-state index in [1.807, 2.05) is 30.1 Å². The van der Waals surface area contributed by atoms with Gasteiger partial charge in [0.05, 0.1) is 0 Å². The van der Waals surface area contributed by atoms with Gasteiger partial charge in [-0.2, -0.15) is 4.52 Å². The molecule has 0 amide bonds. The minimum atomic E-state index is -0.160. The molecule has 0 spiro atoms. The van der Waals surface area contributed by atoms with Gasteiger partial charge in [0.25, 0.3) is 5.56 Å². The first-order chi connectivity index (χ1) is 11.6. The third-order valence-corrected chi connectivity index (χ3v) is 4.74. The predicted octanol–water partition coefficient (Wildman–Crippen LogP) is 1.87. The van der Waals surface area contributed by atoms with E-state index in [-0.39, 0.29) is 5.56 Å². The lowest BCUT2D eigenvalue weighted by atomic mass is 10.2. The van der Waals surface area contributed by atoms with E-state index in [4.69, 9.17) is 9.47 Å². The van der Waals surface area contributed by atoms with Gasteiger partial charge in [-0.1, -0.05) is 17.4 Å². The average molecular weight is 344 g/mol. The van der Waals surface area contributed by atoms with Gasteiger partial charge in [0.1, 0.15) is 13.2 Å². The van der Waals surface area contributed by atoms with Crippen LogP contribution in [0.15, 0.2) is 29.1 Å². The molecular formula is C16H16N4O3S. The highest BCUT2D eigenvalue weighted by molar-refractivity contribution is 7.20.